The van der Waals surface area contributed by atoms with Gasteiger partial charge >= 0.3 is 0 Å². The Hall–Kier alpha value is -0.770. The molecule has 2 atom stereocenters. The van der Waals surface area contributed by atoms with Crippen LogP contribution < -0.4 is 0 Å². The first kappa shape index (κ1) is 16.6. The second-order valence-corrected chi connectivity index (χ2v) is 6.68. The van der Waals surface area contributed by atoms with Crippen molar-refractivity contribution >= 4 is 29.1 Å². The maximum Gasteiger partial charge on any atom is 0.230 e. The van der Waals surface area contributed by atoms with Crippen molar-refractivity contribution in [3.8, 4) is 0 Å². The van der Waals surface area contributed by atoms with Gasteiger partial charge in [0.15, 0.2) is 0 Å². The first-order valence-corrected chi connectivity index (χ1v) is 8.01. The van der Waals surface area contributed by atoms with Gasteiger partial charge in [-0.15, -0.1) is 0 Å². The molecule has 5 heteroatoms. The van der Waals surface area contributed by atoms with Gasteiger partial charge in [-0.1, -0.05) is 43.1 Å². The van der Waals surface area contributed by atoms with E-state index in [1.807, 2.05) is 17.9 Å². The highest BCUT2D eigenvalue weighted by molar-refractivity contribution is 6.42. The Kier molecular flexibility index (Phi) is 5.53. The Balaban J connectivity index is 2.25. The van der Waals surface area contributed by atoms with E-state index in [1.54, 1.807) is 12.1 Å². The zero-order valence-electron chi connectivity index (χ0n) is 12.6. The van der Waals surface area contributed by atoms with Crippen LogP contribution in [0.25, 0.3) is 0 Å². The minimum Gasteiger partial charge on any atom is -0.375 e. The number of hydrogen-bond donors (Lipinski definition) is 0. The van der Waals surface area contributed by atoms with Crippen LogP contribution in [0.2, 0.25) is 10.0 Å². The second kappa shape index (κ2) is 6.99. The quantitative estimate of drug-likeness (QED) is 0.839. The summed E-state index contributed by atoms with van der Waals surface area (Å²) in [5.41, 5.74) is 0.920. The smallest absolute Gasteiger partial charge is 0.230 e. The molecular formula is C16H21Cl2NO2. The Morgan fingerprint density at radius 2 is 2.05 bits per heavy atom. The van der Waals surface area contributed by atoms with E-state index < -0.39 is 0 Å². The van der Waals surface area contributed by atoms with Crippen LogP contribution in [0.5, 0.6) is 0 Å². The SMILES string of the molecule is CC1CN(C(=O)C(c2ccc(Cl)c(Cl)c2)C(C)C)CCO1. The fourth-order valence-electron chi connectivity index (χ4n) is 2.73. The van der Waals surface area contributed by atoms with E-state index in [9.17, 15) is 4.79 Å². The van der Waals surface area contributed by atoms with Gasteiger partial charge in [-0.3, -0.25) is 4.79 Å². The summed E-state index contributed by atoms with van der Waals surface area (Å²) in [4.78, 5) is 14.8. The summed E-state index contributed by atoms with van der Waals surface area (Å²) in [6.07, 6.45) is 0.0873. The number of halogens is 2. The maximum atomic E-state index is 12.9. The molecule has 0 N–H and O–H groups in total. The molecule has 1 aromatic carbocycles. The summed E-state index contributed by atoms with van der Waals surface area (Å²) < 4.78 is 5.51. The number of ether oxygens (including phenoxy) is 1. The molecule has 1 heterocycles. The third kappa shape index (κ3) is 3.91. The van der Waals surface area contributed by atoms with Crippen molar-refractivity contribution in [1.29, 1.82) is 0 Å². The minimum absolute atomic E-state index is 0.0873. The average Bonchev–Trinajstić information content (AvgIpc) is 2.42. The van der Waals surface area contributed by atoms with Gasteiger partial charge in [0.1, 0.15) is 0 Å². The Bertz CT molecular complexity index is 519. The Morgan fingerprint density at radius 3 is 2.62 bits per heavy atom. The van der Waals surface area contributed by atoms with Crippen molar-refractivity contribution in [3.05, 3.63) is 33.8 Å². The number of hydrogen-bond acceptors (Lipinski definition) is 2. The van der Waals surface area contributed by atoms with Gasteiger partial charge in [0.05, 0.1) is 28.7 Å². The molecule has 0 spiro atoms. The normalized spacial score (nSPS) is 20.7. The van der Waals surface area contributed by atoms with Crippen LogP contribution in [0.15, 0.2) is 18.2 Å². The topological polar surface area (TPSA) is 29.5 Å². The summed E-state index contributed by atoms with van der Waals surface area (Å²) >= 11 is 12.1. The van der Waals surface area contributed by atoms with E-state index in [1.165, 1.54) is 0 Å². The summed E-state index contributed by atoms with van der Waals surface area (Å²) in [6, 6.07) is 5.45. The standard InChI is InChI=1S/C16H21Cl2NO2/c1-10(2)15(12-4-5-13(17)14(18)8-12)16(20)19-6-7-21-11(3)9-19/h4-5,8,10-11,15H,6-7,9H2,1-3H3. The van der Waals surface area contributed by atoms with E-state index in [0.29, 0.717) is 29.7 Å². The first-order chi connectivity index (χ1) is 9.90. The molecule has 2 rings (SSSR count). The third-order valence-corrected chi connectivity index (χ3v) is 4.53. The molecule has 1 amide bonds. The summed E-state index contributed by atoms with van der Waals surface area (Å²) in [7, 11) is 0. The lowest BCUT2D eigenvalue weighted by Gasteiger charge is -2.35. The summed E-state index contributed by atoms with van der Waals surface area (Å²) in [5.74, 6) is 0.122. The number of amides is 1. The molecule has 1 aromatic rings. The number of benzene rings is 1. The van der Waals surface area contributed by atoms with Crippen molar-refractivity contribution in [3.63, 3.8) is 0 Å². The zero-order valence-corrected chi connectivity index (χ0v) is 14.1. The van der Waals surface area contributed by atoms with Gasteiger partial charge < -0.3 is 9.64 Å². The molecular weight excluding hydrogens is 309 g/mol. The van der Waals surface area contributed by atoms with Crippen LogP contribution in [0, 0.1) is 5.92 Å². The Labute approximate surface area is 136 Å². The van der Waals surface area contributed by atoms with Crippen molar-refractivity contribution in [2.45, 2.75) is 32.8 Å². The van der Waals surface area contributed by atoms with Gasteiger partial charge in [-0.25, -0.2) is 0 Å². The summed E-state index contributed by atoms with van der Waals surface area (Å²) in [6.45, 7) is 7.98. The van der Waals surface area contributed by atoms with Crippen LogP contribution in [0.4, 0.5) is 0 Å². The summed E-state index contributed by atoms with van der Waals surface area (Å²) in [5, 5.41) is 0.998. The van der Waals surface area contributed by atoms with E-state index in [-0.39, 0.29) is 23.8 Å². The first-order valence-electron chi connectivity index (χ1n) is 7.25. The molecule has 3 nitrogen and oxygen atoms in total. The lowest BCUT2D eigenvalue weighted by atomic mass is 9.87. The average molecular weight is 330 g/mol. The maximum absolute atomic E-state index is 12.9. The van der Waals surface area contributed by atoms with Crippen molar-refractivity contribution in [2.24, 2.45) is 5.92 Å². The number of carbonyl (C=O) groups excluding carboxylic acids is 1. The van der Waals surface area contributed by atoms with E-state index >= 15 is 0 Å². The predicted octanol–water partition coefficient (Wildman–Crippen LogP) is 3.98. The Morgan fingerprint density at radius 1 is 1.33 bits per heavy atom. The molecule has 1 fully saturated rings. The third-order valence-electron chi connectivity index (χ3n) is 3.79. The highest BCUT2D eigenvalue weighted by Gasteiger charge is 2.31. The minimum atomic E-state index is -0.204. The molecule has 1 saturated heterocycles. The van der Waals surface area contributed by atoms with E-state index in [0.717, 1.165) is 5.56 Å². The number of rotatable bonds is 3. The molecule has 0 aliphatic carbocycles. The van der Waals surface area contributed by atoms with E-state index in [4.69, 9.17) is 27.9 Å². The molecule has 1 aliphatic rings. The molecule has 0 aromatic heterocycles. The van der Waals surface area contributed by atoms with Gasteiger partial charge in [-0.2, -0.15) is 0 Å². The number of morpholine rings is 1. The fraction of sp³-hybridized carbons (Fsp3) is 0.562. The van der Waals surface area contributed by atoms with Gasteiger partial charge in [0, 0.05) is 13.1 Å². The number of nitrogens with zero attached hydrogens (tertiary/aromatic N) is 1. The van der Waals surface area contributed by atoms with Crippen LogP contribution in [0.1, 0.15) is 32.3 Å². The predicted molar refractivity (Wildman–Crippen MR) is 86.0 cm³/mol. The lowest BCUT2D eigenvalue weighted by molar-refractivity contribution is -0.140. The van der Waals surface area contributed by atoms with E-state index in [2.05, 4.69) is 13.8 Å². The van der Waals surface area contributed by atoms with Crippen molar-refractivity contribution < 1.29 is 9.53 Å². The van der Waals surface area contributed by atoms with Crippen LogP contribution in [-0.4, -0.2) is 36.6 Å². The van der Waals surface area contributed by atoms with Crippen LogP contribution in [-0.2, 0) is 9.53 Å². The van der Waals surface area contributed by atoms with Gasteiger partial charge in [0.25, 0.3) is 0 Å². The van der Waals surface area contributed by atoms with Crippen molar-refractivity contribution in [1.82, 2.24) is 4.90 Å². The number of carbonyl (C=O) groups is 1. The highest BCUT2D eigenvalue weighted by atomic mass is 35.5. The monoisotopic (exact) mass is 329 g/mol. The largest absolute Gasteiger partial charge is 0.375 e. The fourth-order valence-corrected chi connectivity index (χ4v) is 3.04. The molecule has 0 radical (unpaired) electrons. The second-order valence-electron chi connectivity index (χ2n) is 5.86. The molecule has 21 heavy (non-hydrogen) atoms. The highest BCUT2D eigenvalue weighted by Crippen LogP contribution is 2.32. The molecule has 2 unspecified atom stereocenters. The molecule has 0 saturated carbocycles. The van der Waals surface area contributed by atoms with Crippen molar-refractivity contribution in [2.75, 3.05) is 19.7 Å². The zero-order chi connectivity index (χ0) is 15.6. The van der Waals surface area contributed by atoms with Gasteiger partial charge in [0.2, 0.25) is 5.91 Å². The molecule has 1 aliphatic heterocycles. The van der Waals surface area contributed by atoms with Gasteiger partial charge in [-0.05, 0) is 30.5 Å². The molecule has 116 valence electrons. The molecule has 0 bridgehead atoms. The lowest BCUT2D eigenvalue weighted by Crippen LogP contribution is -2.47. The van der Waals surface area contributed by atoms with Crippen LogP contribution in [0.3, 0.4) is 0 Å². The van der Waals surface area contributed by atoms with Crippen LogP contribution >= 0.6 is 23.2 Å².